The molecular formula is C69H84B4N12O16. The van der Waals surface area contributed by atoms with Crippen molar-refractivity contribution >= 4 is 55.3 Å². The first-order valence-electron chi connectivity index (χ1n) is 33.6. The van der Waals surface area contributed by atoms with Crippen LogP contribution in [-0.4, -0.2) is 221 Å². The predicted molar refractivity (Wildman–Crippen MR) is 368 cm³/mol. The van der Waals surface area contributed by atoms with Gasteiger partial charge in [0.2, 0.25) is 0 Å². The quantitative estimate of drug-likeness (QED) is 0.0224. The average molecular weight is 1380 g/mol. The second-order valence-electron chi connectivity index (χ2n) is 23.3. The van der Waals surface area contributed by atoms with E-state index < -0.39 is 5.41 Å². The standard InChI is InChI=1S/C69H84B4N12O16/c70-41-53-1-13-61(14-2-53)98-65(86)21-9-57-45-82(78-74-57)25-29-90-33-37-94-49-69(50-95-38-34-91-30-26-83-46-58(75-79-83)10-22-66(87)99-62-15-3-54(42-71)4-16-62,51-96-39-35-92-31-27-84-47-59(76-80-84)11-23-67(88)100-63-17-5-55(43-72)6-18-63)52-97-40-36-93-32-28-85-48-60(77-81-85)12-24-68(89)101-64-19-7-56(44-73)8-20-64/h1-8,13-20,45-48H,9-12,21-44,49-52H2. The van der Waals surface area contributed by atoms with Gasteiger partial charge in [0.25, 0.3) is 0 Å². The molecule has 101 heavy (non-hydrogen) atoms. The molecule has 0 atom stereocenters. The van der Waals surface area contributed by atoms with Crippen LogP contribution in [0.3, 0.4) is 0 Å². The highest BCUT2D eigenvalue weighted by atomic mass is 16.6. The van der Waals surface area contributed by atoms with E-state index in [0.29, 0.717) is 149 Å². The number of nitrogens with zero attached hydrogens (tertiary/aromatic N) is 12. The second-order valence-corrected chi connectivity index (χ2v) is 23.3. The van der Waals surface area contributed by atoms with Crippen molar-refractivity contribution in [3.8, 4) is 23.0 Å². The summed E-state index contributed by atoms with van der Waals surface area (Å²) in [5, 5.41) is 33.6. The Morgan fingerprint density at radius 1 is 0.297 bits per heavy atom. The van der Waals surface area contributed by atoms with Crippen LogP contribution in [0.25, 0.3) is 0 Å². The molecule has 8 rings (SSSR count). The van der Waals surface area contributed by atoms with Crippen molar-refractivity contribution in [3.05, 3.63) is 167 Å². The predicted octanol–water partition coefficient (Wildman–Crippen LogP) is 4.10. The van der Waals surface area contributed by atoms with Gasteiger partial charge < -0.3 is 56.8 Å². The Morgan fingerprint density at radius 3 is 0.713 bits per heavy atom. The minimum atomic E-state index is -0.839. The van der Waals surface area contributed by atoms with Crippen LogP contribution in [0.1, 0.15) is 70.7 Å². The molecule has 0 bridgehead atoms. The number of esters is 4. The van der Waals surface area contributed by atoms with E-state index in [1.54, 1.807) is 92.0 Å². The van der Waals surface area contributed by atoms with E-state index in [9.17, 15) is 19.2 Å². The first kappa shape index (κ1) is 78.0. The van der Waals surface area contributed by atoms with Gasteiger partial charge in [0, 0.05) is 50.5 Å². The Kier molecular flexibility index (Phi) is 34.4. The van der Waals surface area contributed by atoms with Crippen LogP contribution in [0.4, 0.5) is 0 Å². The summed E-state index contributed by atoms with van der Waals surface area (Å²) >= 11 is 0. The summed E-state index contributed by atoms with van der Waals surface area (Å²) in [6.45, 7) is 5.48. The topological polar surface area (TPSA) is 302 Å². The van der Waals surface area contributed by atoms with Gasteiger partial charge in [0.05, 0.1) is 217 Å². The average Bonchev–Trinajstić information content (AvgIpc) is 1.79. The van der Waals surface area contributed by atoms with Crippen LogP contribution < -0.4 is 18.9 Å². The van der Waals surface area contributed by atoms with Crippen molar-refractivity contribution in [3.63, 3.8) is 0 Å². The summed E-state index contributed by atoms with van der Waals surface area (Å²) in [6.07, 6.45) is 10.6. The van der Waals surface area contributed by atoms with Crippen molar-refractivity contribution in [2.75, 3.05) is 106 Å². The molecule has 0 aliphatic heterocycles. The highest BCUT2D eigenvalue weighted by Crippen LogP contribution is 2.22. The fourth-order valence-corrected chi connectivity index (χ4v) is 9.59. The maximum atomic E-state index is 12.5. The number of rotatable bonds is 52. The van der Waals surface area contributed by atoms with Crippen molar-refractivity contribution in [2.24, 2.45) is 5.41 Å². The molecule has 0 unspecified atom stereocenters. The van der Waals surface area contributed by atoms with Gasteiger partial charge in [-0.3, -0.25) is 19.2 Å². The Bertz CT molecular complexity index is 3200. The molecule has 0 N–H and O–H groups in total. The monoisotopic (exact) mass is 1380 g/mol. The molecule has 0 aliphatic rings. The molecule has 32 heteroatoms. The maximum absolute atomic E-state index is 12.5. The van der Waals surface area contributed by atoms with E-state index in [2.05, 4.69) is 41.2 Å². The van der Waals surface area contributed by atoms with Gasteiger partial charge in [-0.2, -0.15) is 0 Å². The van der Waals surface area contributed by atoms with Crippen molar-refractivity contribution in [2.45, 2.75) is 103 Å². The first-order chi connectivity index (χ1) is 49.4. The van der Waals surface area contributed by atoms with Gasteiger partial charge >= 0.3 is 23.9 Å². The zero-order valence-electron chi connectivity index (χ0n) is 56.9. The lowest BCUT2D eigenvalue weighted by molar-refractivity contribution is -0.135. The van der Waals surface area contributed by atoms with E-state index >= 15 is 0 Å². The lowest BCUT2D eigenvalue weighted by Gasteiger charge is -2.33. The molecule has 0 saturated carbocycles. The van der Waals surface area contributed by atoms with Crippen LogP contribution in [0.2, 0.25) is 0 Å². The number of carbonyl (C=O) groups excluding carboxylic acids is 4. The number of ether oxygens (including phenoxy) is 12. The fraction of sp³-hybridized carbons (Fsp3) is 0.478. The van der Waals surface area contributed by atoms with Gasteiger partial charge in [-0.05, 0) is 48.5 Å². The molecule has 8 aromatic rings. The second kappa shape index (κ2) is 44.5. The normalized spacial score (nSPS) is 11.5. The molecule has 4 aromatic carbocycles. The van der Waals surface area contributed by atoms with E-state index in [1.165, 1.54) is 0 Å². The zero-order valence-corrected chi connectivity index (χ0v) is 56.9. The number of aryl methyl sites for hydroxylation is 4. The Labute approximate surface area is 592 Å². The molecule has 8 radical (unpaired) electrons. The summed E-state index contributed by atoms with van der Waals surface area (Å²) < 4.78 is 77.5. The van der Waals surface area contributed by atoms with Crippen LogP contribution in [0.5, 0.6) is 23.0 Å². The third kappa shape index (κ3) is 30.2. The zero-order chi connectivity index (χ0) is 71.0. The number of hydrogen-bond acceptors (Lipinski definition) is 24. The van der Waals surface area contributed by atoms with Gasteiger partial charge in [-0.25, -0.2) is 18.7 Å². The van der Waals surface area contributed by atoms with Crippen LogP contribution in [-0.2, 0) is 134 Å². The third-order valence-electron chi connectivity index (χ3n) is 15.2. The number of benzene rings is 4. The molecule has 528 valence electrons. The molecule has 0 aliphatic carbocycles. The third-order valence-corrected chi connectivity index (χ3v) is 15.2. The van der Waals surface area contributed by atoms with E-state index in [1.807, 2.05) is 48.5 Å². The molecule has 0 fully saturated rings. The molecule has 0 spiro atoms. The number of carbonyl (C=O) groups is 4. The number of hydrogen-bond donors (Lipinski definition) is 0. The fourth-order valence-electron chi connectivity index (χ4n) is 9.59. The molecule has 0 saturated heterocycles. The van der Waals surface area contributed by atoms with Gasteiger partial charge in [0.15, 0.2) is 0 Å². The number of aromatic nitrogens is 12. The van der Waals surface area contributed by atoms with Crippen molar-refractivity contribution in [1.82, 2.24) is 60.0 Å². The molecule has 28 nitrogen and oxygen atoms in total. The lowest BCUT2D eigenvalue weighted by atomic mass is 9.92. The summed E-state index contributed by atoms with van der Waals surface area (Å²) in [4.78, 5) is 50.1. The smallest absolute Gasteiger partial charge is 0.311 e. The summed E-state index contributed by atoms with van der Waals surface area (Å²) in [7, 11) is 22.7. The van der Waals surface area contributed by atoms with Gasteiger partial charge in [-0.15, -0.1) is 20.4 Å². The molecular weight excluding hydrogens is 1300 g/mol. The Morgan fingerprint density at radius 2 is 0.505 bits per heavy atom. The highest BCUT2D eigenvalue weighted by Gasteiger charge is 2.33. The summed E-state index contributed by atoms with van der Waals surface area (Å²) in [6, 6.07) is 28.2. The Hall–Kier alpha value is -8.74. The minimum absolute atomic E-state index is 0.126. The first-order valence-corrected chi connectivity index (χ1v) is 33.6. The van der Waals surface area contributed by atoms with E-state index in [0.717, 1.165) is 22.3 Å². The SMILES string of the molecule is [B]Cc1ccc(OC(=O)CCc2cn(CCOCCOCC(COCCOCCn3cc(CCC(=O)Oc4ccc(C[B])cc4)nn3)(COCCOCCn3cc(CCC(=O)Oc4ccc(C[B])cc4)nn3)COCCOCCn3cc(CCC(=O)Oc4ccc(C[B])cc4)nn3)nn2)cc1. The van der Waals surface area contributed by atoms with Crippen LogP contribution >= 0.6 is 0 Å². The van der Waals surface area contributed by atoms with E-state index in [4.69, 9.17) is 88.2 Å². The summed E-state index contributed by atoms with van der Waals surface area (Å²) in [5.41, 5.74) is 5.46. The highest BCUT2D eigenvalue weighted by molar-refractivity contribution is 6.09. The maximum Gasteiger partial charge on any atom is 0.311 e. The largest absolute Gasteiger partial charge is 0.427 e. The minimum Gasteiger partial charge on any atom is -0.427 e. The molecule has 0 amide bonds. The lowest BCUT2D eigenvalue weighted by Crippen LogP contribution is -2.43. The molecule has 4 aromatic heterocycles. The Balaban J connectivity index is 0.803. The van der Waals surface area contributed by atoms with Gasteiger partial charge in [0.1, 0.15) is 23.0 Å². The molecule has 4 heterocycles. The van der Waals surface area contributed by atoms with Crippen molar-refractivity contribution in [1.29, 1.82) is 0 Å². The summed E-state index contributed by atoms with van der Waals surface area (Å²) in [5.74, 6) is 0.245. The van der Waals surface area contributed by atoms with Crippen LogP contribution in [0.15, 0.2) is 122 Å². The van der Waals surface area contributed by atoms with E-state index in [-0.39, 0.29) is 129 Å². The van der Waals surface area contributed by atoms with Crippen LogP contribution in [0, 0.1) is 5.41 Å². The van der Waals surface area contributed by atoms with Crippen molar-refractivity contribution < 1.29 is 76.0 Å². The van der Waals surface area contributed by atoms with Gasteiger partial charge in [-0.1, -0.05) is 117 Å².